The number of carbonyl (C=O) groups excluding carboxylic acids is 1. The maximum absolute atomic E-state index is 12.6. The van der Waals surface area contributed by atoms with Crippen LogP contribution < -0.4 is 4.90 Å². The molecule has 2 heterocycles. The Morgan fingerprint density at radius 3 is 2.20 bits per heavy atom. The summed E-state index contributed by atoms with van der Waals surface area (Å²) in [5.41, 5.74) is 0.343. The largest absolute Gasteiger partial charge is 0.471 e. The molecule has 0 atom stereocenters. The van der Waals surface area contributed by atoms with Gasteiger partial charge in [0.2, 0.25) is 0 Å². The van der Waals surface area contributed by atoms with Crippen LogP contribution in [0.3, 0.4) is 0 Å². The molecule has 0 aliphatic rings. The highest BCUT2D eigenvalue weighted by atomic mass is 19.4. The molecule has 0 aromatic carbocycles. The van der Waals surface area contributed by atoms with Crippen LogP contribution in [0.4, 0.5) is 19.0 Å². The zero-order valence-corrected chi connectivity index (χ0v) is 10.2. The van der Waals surface area contributed by atoms with E-state index in [9.17, 15) is 18.0 Å². The third-order valence-electron chi connectivity index (χ3n) is 2.46. The number of halogens is 3. The van der Waals surface area contributed by atoms with Crippen molar-refractivity contribution in [3.05, 3.63) is 54.5 Å². The molecule has 0 bridgehead atoms. The normalized spacial score (nSPS) is 11.2. The number of carbonyl (C=O) groups is 1. The first-order valence-corrected chi connectivity index (χ1v) is 5.68. The van der Waals surface area contributed by atoms with Crippen molar-refractivity contribution in [2.45, 2.75) is 12.7 Å². The van der Waals surface area contributed by atoms with E-state index in [2.05, 4.69) is 9.97 Å². The maximum atomic E-state index is 12.6. The molecule has 104 valence electrons. The second kappa shape index (κ2) is 5.68. The lowest BCUT2D eigenvalue weighted by Crippen LogP contribution is -2.41. The third kappa shape index (κ3) is 3.31. The number of amides is 1. The average molecular weight is 281 g/mol. The summed E-state index contributed by atoms with van der Waals surface area (Å²) in [6, 6.07) is 9.22. The number of nitrogens with zero attached hydrogens (tertiary/aromatic N) is 3. The highest BCUT2D eigenvalue weighted by Crippen LogP contribution is 2.23. The van der Waals surface area contributed by atoms with Gasteiger partial charge >= 0.3 is 12.1 Å². The number of alkyl halides is 3. The SMILES string of the molecule is O=C(N(Cc1ccccn1)c1ccccn1)C(F)(F)F. The number of hydrogen-bond acceptors (Lipinski definition) is 3. The summed E-state index contributed by atoms with van der Waals surface area (Å²) in [6.45, 7) is -0.295. The monoisotopic (exact) mass is 281 g/mol. The van der Waals surface area contributed by atoms with Gasteiger partial charge in [-0.25, -0.2) is 4.98 Å². The second-order valence-corrected chi connectivity index (χ2v) is 3.90. The fraction of sp³-hybridized carbons (Fsp3) is 0.154. The summed E-state index contributed by atoms with van der Waals surface area (Å²) < 4.78 is 37.9. The summed E-state index contributed by atoms with van der Waals surface area (Å²) in [4.78, 5) is 19.8. The lowest BCUT2D eigenvalue weighted by molar-refractivity contribution is -0.170. The minimum Gasteiger partial charge on any atom is -0.283 e. The molecule has 0 radical (unpaired) electrons. The van der Waals surface area contributed by atoms with Crippen LogP contribution in [0.15, 0.2) is 48.8 Å². The van der Waals surface area contributed by atoms with Crippen LogP contribution in [-0.2, 0) is 11.3 Å². The van der Waals surface area contributed by atoms with E-state index in [0.717, 1.165) is 0 Å². The van der Waals surface area contributed by atoms with Crippen LogP contribution in [0.5, 0.6) is 0 Å². The van der Waals surface area contributed by atoms with Gasteiger partial charge in [-0.2, -0.15) is 13.2 Å². The summed E-state index contributed by atoms with van der Waals surface area (Å²) in [5.74, 6) is -2.04. The molecule has 0 unspecified atom stereocenters. The molecule has 4 nitrogen and oxygen atoms in total. The van der Waals surface area contributed by atoms with Crippen LogP contribution >= 0.6 is 0 Å². The first-order chi connectivity index (χ1) is 9.48. The summed E-state index contributed by atoms with van der Waals surface area (Å²) in [6.07, 6.45) is -2.19. The number of hydrogen-bond donors (Lipinski definition) is 0. The van der Waals surface area contributed by atoms with Gasteiger partial charge in [0.15, 0.2) is 0 Å². The maximum Gasteiger partial charge on any atom is 0.471 e. The first-order valence-electron chi connectivity index (χ1n) is 5.68. The Morgan fingerprint density at radius 1 is 1.05 bits per heavy atom. The minimum absolute atomic E-state index is 0.0690. The summed E-state index contributed by atoms with van der Waals surface area (Å²) in [5, 5.41) is 0. The number of aromatic nitrogens is 2. The molecule has 2 aromatic rings. The van der Waals surface area contributed by atoms with Gasteiger partial charge in [0.1, 0.15) is 5.82 Å². The zero-order valence-electron chi connectivity index (χ0n) is 10.2. The standard InChI is InChI=1S/C13H10F3N3O/c14-13(15,16)12(20)19(11-6-2-4-8-18-11)9-10-5-1-3-7-17-10/h1-8H,9H2. The van der Waals surface area contributed by atoms with E-state index < -0.39 is 12.1 Å². The van der Waals surface area contributed by atoms with Gasteiger partial charge in [0, 0.05) is 12.4 Å². The molecule has 1 amide bonds. The predicted molar refractivity (Wildman–Crippen MR) is 65.7 cm³/mol. The molecule has 0 N–H and O–H groups in total. The molecule has 0 saturated heterocycles. The molecule has 7 heteroatoms. The first kappa shape index (κ1) is 14.0. The van der Waals surface area contributed by atoms with Crippen LogP contribution in [-0.4, -0.2) is 22.1 Å². The van der Waals surface area contributed by atoms with Crippen molar-refractivity contribution in [1.29, 1.82) is 0 Å². The highest BCUT2D eigenvalue weighted by Gasteiger charge is 2.43. The van der Waals surface area contributed by atoms with Gasteiger partial charge in [-0.15, -0.1) is 0 Å². The van der Waals surface area contributed by atoms with E-state index in [0.29, 0.717) is 10.6 Å². The topological polar surface area (TPSA) is 46.1 Å². The Balaban J connectivity index is 2.33. The lowest BCUT2D eigenvalue weighted by Gasteiger charge is -2.22. The fourth-order valence-electron chi connectivity index (χ4n) is 1.58. The Morgan fingerprint density at radius 2 is 1.70 bits per heavy atom. The average Bonchev–Trinajstić information content (AvgIpc) is 2.45. The van der Waals surface area contributed by atoms with Crippen LogP contribution in [0, 0.1) is 0 Å². The Labute approximate surface area is 112 Å². The number of rotatable bonds is 3. The van der Waals surface area contributed by atoms with E-state index in [-0.39, 0.29) is 12.4 Å². The highest BCUT2D eigenvalue weighted by molar-refractivity contribution is 5.96. The second-order valence-electron chi connectivity index (χ2n) is 3.90. The van der Waals surface area contributed by atoms with Crippen molar-refractivity contribution in [2.24, 2.45) is 0 Å². The molecular weight excluding hydrogens is 271 g/mol. The van der Waals surface area contributed by atoms with Gasteiger partial charge in [-0.1, -0.05) is 12.1 Å². The fourth-order valence-corrected chi connectivity index (χ4v) is 1.58. The molecule has 20 heavy (non-hydrogen) atoms. The molecule has 0 aliphatic heterocycles. The smallest absolute Gasteiger partial charge is 0.283 e. The van der Waals surface area contributed by atoms with E-state index in [1.807, 2.05) is 0 Å². The van der Waals surface area contributed by atoms with Gasteiger partial charge in [-0.3, -0.25) is 14.7 Å². The molecule has 2 rings (SSSR count). The summed E-state index contributed by atoms with van der Waals surface area (Å²) >= 11 is 0. The predicted octanol–water partition coefficient (Wildman–Crippen LogP) is 2.57. The van der Waals surface area contributed by atoms with Crippen molar-refractivity contribution < 1.29 is 18.0 Å². The van der Waals surface area contributed by atoms with E-state index in [1.165, 1.54) is 24.5 Å². The van der Waals surface area contributed by atoms with Crippen molar-refractivity contribution in [2.75, 3.05) is 4.90 Å². The molecule has 2 aromatic heterocycles. The van der Waals surface area contributed by atoms with Gasteiger partial charge in [-0.05, 0) is 24.3 Å². The minimum atomic E-state index is -4.97. The zero-order chi connectivity index (χ0) is 14.6. The third-order valence-corrected chi connectivity index (χ3v) is 2.46. The Bertz CT molecular complexity index is 572. The number of anilines is 1. The van der Waals surface area contributed by atoms with Crippen molar-refractivity contribution in [3.8, 4) is 0 Å². The van der Waals surface area contributed by atoms with E-state index >= 15 is 0 Å². The molecule has 0 spiro atoms. The lowest BCUT2D eigenvalue weighted by atomic mass is 10.3. The van der Waals surface area contributed by atoms with Crippen molar-refractivity contribution in [1.82, 2.24) is 9.97 Å². The van der Waals surface area contributed by atoms with Crippen molar-refractivity contribution >= 4 is 11.7 Å². The van der Waals surface area contributed by atoms with E-state index in [4.69, 9.17) is 0 Å². The quantitative estimate of drug-likeness (QED) is 0.868. The number of pyridine rings is 2. The van der Waals surface area contributed by atoms with Gasteiger partial charge < -0.3 is 0 Å². The van der Waals surface area contributed by atoms with Gasteiger partial charge in [0.25, 0.3) is 0 Å². The summed E-state index contributed by atoms with van der Waals surface area (Å²) in [7, 11) is 0. The van der Waals surface area contributed by atoms with Crippen LogP contribution in [0.2, 0.25) is 0 Å². The van der Waals surface area contributed by atoms with Crippen molar-refractivity contribution in [3.63, 3.8) is 0 Å². The van der Waals surface area contributed by atoms with Crippen LogP contribution in [0.1, 0.15) is 5.69 Å². The molecule has 0 aliphatic carbocycles. The van der Waals surface area contributed by atoms with E-state index in [1.54, 1.807) is 24.3 Å². The molecular formula is C13H10F3N3O. The Hall–Kier alpha value is -2.44. The molecule has 0 fully saturated rings. The van der Waals surface area contributed by atoms with Gasteiger partial charge in [0.05, 0.1) is 12.2 Å². The molecule has 0 saturated carbocycles. The Kier molecular flexibility index (Phi) is 3.97. The van der Waals surface area contributed by atoms with Crippen LogP contribution in [0.25, 0.3) is 0 Å².